The van der Waals surface area contributed by atoms with E-state index >= 15 is 0 Å². The molecule has 4 heteroatoms. The lowest BCUT2D eigenvalue weighted by Crippen LogP contribution is -2.19. The summed E-state index contributed by atoms with van der Waals surface area (Å²) in [6.07, 6.45) is 1.05. The largest absolute Gasteiger partial charge is 0.463 e. The molecule has 1 rings (SSSR count). The van der Waals surface area contributed by atoms with Gasteiger partial charge in [-0.2, -0.15) is 0 Å². The number of nitrogens with one attached hydrogen (secondary N) is 1. The Morgan fingerprint density at radius 2 is 2.12 bits per heavy atom. The van der Waals surface area contributed by atoms with Crippen molar-refractivity contribution in [2.24, 2.45) is 0 Å². The molecule has 0 unspecified atom stereocenters. The maximum atomic E-state index is 5.73. The van der Waals surface area contributed by atoms with Crippen LogP contribution in [0.4, 0.5) is 0 Å². The molecule has 1 aromatic heterocycles. The number of rotatable bonds is 9. The highest BCUT2D eigenvalue weighted by atomic mass is 16.5. The van der Waals surface area contributed by atoms with Crippen molar-refractivity contribution < 1.29 is 9.15 Å². The lowest BCUT2D eigenvalue weighted by Gasteiger charge is -2.14. The number of hydrogen-bond donors (Lipinski definition) is 1. The van der Waals surface area contributed by atoms with Crippen LogP contribution < -0.4 is 5.32 Å². The standard InChI is InChI=1S/C13H24N2O2/c1-4-14-10-12-6-7-13(17-12)11-15(2)8-5-9-16-3/h6-7,14H,4-5,8-11H2,1-3H3. The molecule has 17 heavy (non-hydrogen) atoms. The fourth-order valence-electron chi connectivity index (χ4n) is 1.67. The van der Waals surface area contributed by atoms with Crippen LogP contribution in [-0.4, -0.2) is 38.8 Å². The van der Waals surface area contributed by atoms with Crippen LogP contribution in [0.1, 0.15) is 24.9 Å². The predicted molar refractivity (Wildman–Crippen MR) is 68.9 cm³/mol. The molecule has 0 aliphatic carbocycles. The number of nitrogens with zero attached hydrogens (tertiary/aromatic N) is 1. The Balaban J connectivity index is 2.27. The molecule has 1 N–H and O–H groups in total. The summed E-state index contributed by atoms with van der Waals surface area (Å²) >= 11 is 0. The van der Waals surface area contributed by atoms with Gasteiger partial charge >= 0.3 is 0 Å². The molecule has 0 aliphatic heterocycles. The lowest BCUT2D eigenvalue weighted by atomic mass is 10.3. The van der Waals surface area contributed by atoms with Crippen molar-refractivity contribution in [1.82, 2.24) is 10.2 Å². The zero-order valence-corrected chi connectivity index (χ0v) is 11.2. The Hall–Kier alpha value is -0.840. The first-order valence-corrected chi connectivity index (χ1v) is 6.22. The highest BCUT2D eigenvalue weighted by molar-refractivity contribution is 5.06. The maximum absolute atomic E-state index is 5.73. The molecule has 98 valence electrons. The van der Waals surface area contributed by atoms with Gasteiger partial charge in [0, 0.05) is 20.3 Å². The average Bonchev–Trinajstić information content (AvgIpc) is 2.74. The zero-order valence-electron chi connectivity index (χ0n) is 11.2. The van der Waals surface area contributed by atoms with E-state index in [1.807, 2.05) is 6.07 Å². The van der Waals surface area contributed by atoms with Crippen LogP contribution in [-0.2, 0) is 17.8 Å². The molecule has 0 atom stereocenters. The van der Waals surface area contributed by atoms with E-state index in [0.717, 1.165) is 50.7 Å². The maximum Gasteiger partial charge on any atom is 0.118 e. The number of furan rings is 1. The first-order valence-electron chi connectivity index (χ1n) is 6.22. The third-order valence-corrected chi connectivity index (χ3v) is 2.58. The molecular formula is C13H24N2O2. The summed E-state index contributed by atoms with van der Waals surface area (Å²) in [5.74, 6) is 2.03. The van der Waals surface area contributed by atoms with Crippen LogP contribution in [0.2, 0.25) is 0 Å². The Morgan fingerprint density at radius 1 is 1.35 bits per heavy atom. The van der Waals surface area contributed by atoms with Crippen LogP contribution in [0.15, 0.2) is 16.5 Å². The molecule has 1 heterocycles. The van der Waals surface area contributed by atoms with Gasteiger partial charge in [-0.25, -0.2) is 0 Å². The fourth-order valence-corrected chi connectivity index (χ4v) is 1.67. The molecule has 0 aliphatic rings. The van der Waals surface area contributed by atoms with E-state index in [1.54, 1.807) is 7.11 Å². The molecule has 1 aromatic rings. The van der Waals surface area contributed by atoms with E-state index < -0.39 is 0 Å². The van der Waals surface area contributed by atoms with Gasteiger partial charge in [0.25, 0.3) is 0 Å². The van der Waals surface area contributed by atoms with Gasteiger partial charge in [-0.05, 0) is 32.1 Å². The Morgan fingerprint density at radius 3 is 2.82 bits per heavy atom. The lowest BCUT2D eigenvalue weighted by molar-refractivity contribution is 0.175. The van der Waals surface area contributed by atoms with E-state index in [9.17, 15) is 0 Å². The second kappa shape index (κ2) is 8.28. The summed E-state index contributed by atoms with van der Waals surface area (Å²) in [5.41, 5.74) is 0. The van der Waals surface area contributed by atoms with Crippen LogP contribution in [0.5, 0.6) is 0 Å². The molecule has 0 spiro atoms. The molecule has 0 amide bonds. The monoisotopic (exact) mass is 240 g/mol. The molecule has 0 radical (unpaired) electrons. The van der Waals surface area contributed by atoms with Gasteiger partial charge in [0.15, 0.2) is 0 Å². The summed E-state index contributed by atoms with van der Waals surface area (Å²) < 4.78 is 10.8. The minimum Gasteiger partial charge on any atom is -0.463 e. The van der Waals surface area contributed by atoms with Gasteiger partial charge in [-0.1, -0.05) is 6.92 Å². The average molecular weight is 240 g/mol. The molecule has 0 fully saturated rings. The minimum atomic E-state index is 0.809. The van der Waals surface area contributed by atoms with Crippen LogP contribution >= 0.6 is 0 Å². The summed E-state index contributed by atoms with van der Waals surface area (Å²) in [5, 5.41) is 3.25. The zero-order chi connectivity index (χ0) is 12.5. The van der Waals surface area contributed by atoms with Crippen molar-refractivity contribution in [3.8, 4) is 0 Å². The van der Waals surface area contributed by atoms with E-state index in [4.69, 9.17) is 9.15 Å². The van der Waals surface area contributed by atoms with E-state index in [2.05, 4.69) is 30.3 Å². The highest BCUT2D eigenvalue weighted by Crippen LogP contribution is 2.10. The van der Waals surface area contributed by atoms with Crippen LogP contribution in [0, 0.1) is 0 Å². The van der Waals surface area contributed by atoms with Crippen molar-refractivity contribution in [3.05, 3.63) is 23.7 Å². The van der Waals surface area contributed by atoms with Gasteiger partial charge in [0.1, 0.15) is 11.5 Å². The first kappa shape index (κ1) is 14.2. The van der Waals surface area contributed by atoms with Crippen LogP contribution in [0.25, 0.3) is 0 Å². The van der Waals surface area contributed by atoms with Gasteiger partial charge < -0.3 is 14.5 Å². The molecular weight excluding hydrogens is 216 g/mol. The van der Waals surface area contributed by atoms with E-state index in [1.165, 1.54) is 0 Å². The second-order valence-corrected chi connectivity index (χ2v) is 4.23. The van der Waals surface area contributed by atoms with E-state index in [-0.39, 0.29) is 0 Å². The van der Waals surface area contributed by atoms with Crippen molar-refractivity contribution in [1.29, 1.82) is 0 Å². The number of hydrogen-bond acceptors (Lipinski definition) is 4. The number of methoxy groups -OCH3 is 1. The summed E-state index contributed by atoms with van der Waals surface area (Å²) in [7, 11) is 3.84. The fraction of sp³-hybridized carbons (Fsp3) is 0.692. The molecule has 0 aromatic carbocycles. The Bertz CT molecular complexity index is 299. The predicted octanol–water partition coefficient (Wildman–Crippen LogP) is 1.86. The van der Waals surface area contributed by atoms with Crippen molar-refractivity contribution >= 4 is 0 Å². The molecule has 4 nitrogen and oxygen atoms in total. The third-order valence-electron chi connectivity index (χ3n) is 2.58. The molecule has 0 bridgehead atoms. The third kappa shape index (κ3) is 5.86. The summed E-state index contributed by atoms with van der Waals surface area (Å²) in [6, 6.07) is 4.10. The molecule has 0 saturated carbocycles. The quantitative estimate of drug-likeness (QED) is 0.669. The second-order valence-electron chi connectivity index (χ2n) is 4.23. The Labute approximate surface area is 104 Å². The number of ether oxygens (including phenoxy) is 1. The topological polar surface area (TPSA) is 37.6 Å². The van der Waals surface area contributed by atoms with Gasteiger partial charge in [0.2, 0.25) is 0 Å². The van der Waals surface area contributed by atoms with Gasteiger partial charge in [-0.15, -0.1) is 0 Å². The highest BCUT2D eigenvalue weighted by Gasteiger charge is 2.05. The SMILES string of the molecule is CCNCc1ccc(CN(C)CCCOC)o1. The normalized spacial score (nSPS) is 11.3. The first-order chi connectivity index (χ1) is 8.26. The van der Waals surface area contributed by atoms with Gasteiger partial charge in [-0.3, -0.25) is 4.90 Å². The van der Waals surface area contributed by atoms with E-state index in [0.29, 0.717) is 0 Å². The minimum absolute atomic E-state index is 0.809. The van der Waals surface area contributed by atoms with Crippen LogP contribution in [0.3, 0.4) is 0 Å². The smallest absolute Gasteiger partial charge is 0.118 e. The van der Waals surface area contributed by atoms with Crippen molar-refractivity contribution in [3.63, 3.8) is 0 Å². The molecule has 0 saturated heterocycles. The van der Waals surface area contributed by atoms with Crippen molar-refractivity contribution in [2.75, 3.05) is 33.9 Å². The van der Waals surface area contributed by atoms with Gasteiger partial charge in [0.05, 0.1) is 13.1 Å². The Kier molecular flexibility index (Phi) is 6.93. The summed E-state index contributed by atoms with van der Waals surface area (Å²) in [4.78, 5) is 2.24. The van der Waals surface area contributed by atoms with Crippen molar-refractivity contribution in [2.45, 2.75) is 26.4 Å². The summed E-state index contributed by atoms with van der Waals surface area (Å²) in [6.45, 7) is 6.56.